The van der Waals surface area contributed by atoms with Gasteiger partial charge in [0.1, 0.15) is 0 Å². The van der Waals surface area contributed by atoms with Gasteiger partial charge in [0.05, 0.1) is 0 Å². The van der Waals surface area contributed by atoms with E-state index in [1.807, 2.05) is 30.0 Å². The number of aryl methyl sites for hydroxylation is 1. The summed E-state index contributed by atoms with van der Waals surface area (Å²) < 4.78 is 0. The summed E-state index contributed by atoms with van der Waals surface area (Å²) in [7, 11) is 0. The largest absolute Gasteiger partial charge is 0.326 e. The van der Waals surface area contributed by atoms with Crippen molar-refractivity contribution >= 4 is 23.3 Å². The van der Waals surface area contributed by atoms with Crippen molar-refractivity contribution in [2.24, 2.45) is 11.8 Å². The van der Waals surface area contributed by atoms with Gasteiger partial charge in [-0.05, 0) is 56.2 Å². The van der Waals surface area contributed by atoms with Gasteiger partial charge in [0.2, 0.25) is 5.91 Å². The summed E-state index contributed by atoms with van der Waals surface area (Å²) in [5.74, 6) is 0.805. The minimum atomic E-state index is -0.0506. The highest BCUT2D eigenvalue weighted by Crippen LogP contribution is 2.31. The second-order valence-electron chi connectivity index (χ2n) is 6.92. The Morgan fingerprint density at radius 2 is 1.96 bits per heavy atom. The Morgan fingerprint density at radius 3 is 2.65 bits per heavy atom. The number of hydrogen-bond donors (Lipinski definition) is 2. The number of benzene rings is 1. The molecule has 3 rings (SSSR count). The molecule has 0 aromatic heterocycles. The lowest BCUT2D eigenvalue weighted by Gasteiger charge is -2.31. The summed E-state index contributed by atoms with van der Waals surface area (Å²) in [6.07, 6.45) is 4.21. The maximum Gasteiger partial charge on any atom is 0.321 e. The molecule has 1 saturated carbocycles. The normalized spacial score (nSPS) is 21.0. The summed E-state index contributed by atoms with van der Waals surface area (Å²) in [4.78, 5) is 26.2. The average molecular weight is 315 g/mol. The molecule has 23 heavy (non-hydrogen) atoms. The molecule has 1 aliphatic heterocycles. The molecule has 3 amide bonds. The Labute approximate surface area is 137 Å². The Morgan fingerprint density at radius 1 is 1.17 bits per heavy atom. The summed E-state index contributed by atoms with van der Waals surface area (Å²) in [6, 6.07) is 5.61. The van der Waals surface area contributed by atoms with Gasteiger partial charge >= 0.3 is 6.03 Å². The molecule has 5 nitrogen and oxygen atoms in total. The van der Waals surface area contributed by atoms with Crippen LogP contribution in [0.1, 0.15) is 38.2 Å². The topological polar surface area (TPSA) is 61.4 Å². The first-order valence-corrected chi connectivity index (χ1v) is 8.50. The van der Waals surface area contributed by atoms with Crippen molar-refractivity contribution in [2.75, 3.05) is 23.7 Å². The van der Waals surface area contributed by atoms with Crippen LogP contribution in [0, 0.1) is 18.8 Å². The maximum absolute atomic E-state index is 12.4. The van der Waals surface area contributed by atoms with Gasteiger partial charge in [0.25, 0.3) is 0 Å². The molecule has 2 aliphatic rings. The van der Waals surface area contributed by atoms with Gasteiger partial charge in [-0.15, -0.1) is 0 Å². The molecule has 0 bridgehead atoms. The van der Waals surface area contributed by atoms with Crippen molar-refractivity contribution < 1.29 is 9.59 Å². The lowest BCUT2D eigenvalue weighted by Crippen LogP contribution is -2.41. The minimum absolute atomic E-state index is 0.0506. The van der Waals surface area contributed by atoms with Gasteiger partial charge in [0.15, 0.2) is 0 Å². The number of anilines is 2. The molecule has 2 N–H and O–H groups in total. The summed E-state index contributed by atoms with van der Waals surface area (Å²) >= 11 is 0. The average Bonchev–Trinajstić information content (AvgIpc) is 3.35. The second kappa shape index (κ2) is 6.60. The summed E-state index contributed by atoms with van der Waals surface area (Å²) in [5, 5.41) is 5.92. The van der Waals surface area contributed by atoms with Crippen molar-refractivity contribution in [3.05, 3.63) is 23.8 Å². The summed E-state index contributed by atoms with van der Waals surface area (Å²) in [5.41, 5.74) is 2.50. The van der Waals surface area contributed by atoms with Crippen LogP contribution in [-0.4, -0.2) is 29.9 Å². The lowest BCUT2D eigenvalue weighted by molar-refractivity contribution is -0.117. The van der Waals surface area contributed by atoms with E-state index < -0.39 is 0 Å². The number of carbonyl (C=O) groups is 2. The number of amides is 3. The number of nitrogens with one attached hydrogen (secondary N) is 2. The third-order valence-electron chi connectivity index (χ3n) is 4.64. The van der Waals surface area contributed by atoms with Crippen molar-refractivity contribution in [1.29, 1.82) is 0 Å². The fourth-order valence-corrected chi connectivity index (χ4v) is 2.99. The molecule has 124 valence electrons. The molecule has 5 heteroatoms. The van der Waals surface area contributed by atoms with E-state index in [1.165, 1.54) is 6.42 Å². The predicted octanol–water partition coefficient (Wildman–Crippen LogP) is 3.61. The van der Waals surface area contributed by atoms with Gasteiger partial charge in [0, 0.05) is 30.4 Å². The molecule has 1 atom stereocenters. The van der Waals surface area contributed by atoms with Crippen LogP contribution < -0.4 is 10.6 Å². The Bertz CT molecular complexity index is 610. The Kier molecular flexibility index (Phi) is 4.55. The number of piperidine rings is 1. The number of rotatable bonds is 3. The van der Waals surface area contributed by atoms with Crippen LogP contribution in [0.3, 0.4) is 0 Å². The van der Waals surface area contributed by atoms with E-state index in [0.717, 1.165) is 49.3 Å². The molecule has 0 unspecified atom stereocenters. The van der Waals surface area contributed by atoms with E-state index in [4.69, 9.17) is 0 Å². The van der Waals surface area contributed by atoms with Crippen molar-refractivity contribution in [1.82, 2.24) is 4.90 Å². The Hall–Kier alpha value is -2.04. The number of hydrogen-bond acceptors (Lipinski definition) is 2. The molecule has 1 aliphatic carbocycles. The SMILES string of the molecule is Cc1ccc(NC(=O)C2CC2)cc1NC(=O)N1CCC[C@H](C)C1. The highest BCUT2D eigenvalue weighted by Gasteiger charge is 2.29. The van der Waals surface area contributed by atoms with Gasteiger partial charge in [-0.1, -0.05) is 13.0 Å². The van der Waals surface area contributed by atoms with Gasteiger partial charge < -0.3 is 15.5 Å². The highest BCUT2D eigenvalue weighted by atomic mass is 16.2. The lowest BCUT2D eigenvalue weighted by atomic mass is 10.0. The standard InChI is InChI=1S/C18H25N3O2/c1-12-4-3-9-21(11-12)18(23)20-16-10-15(8-5-13(16)2)19-17(22)14-6-7-14/h5,8,10,12,14H,3-4,6-7,9,11H2,1-2H3,(H,19,22)(H,20,23)/t12-/m0/s1. The number of nitrogens with zero attached hydrogens (tertiary/aromatic N) is 1. The van der Waals surface area contributed by atoms with Crippen LogP contribution in [0.4, 0.5) is 16.2 Å². The number of urea groups is 1. The zero-order valence-electron chi connectivity index (χ0n) is 13.9. The molecular formula is C18H25N3O2. The fourth-order valence-electron chi connectivity index (χ4n) is 2.99. The Balaban J connectivity index is 1.66. The van der Waals surface area contributed by atoms with Crippen LogP contribution in [0.15, 0.2) is 18.2 Å². The third kappa shape index (κ3) is 4.03. The van der Waals surface area contributed by atoms with Crippen LogP contribution in [0.2, 0.25) is 0 Å². The molecule has 1 aromatic rings. The molecule has 1 saturated heterocycles. The fraction of sp³-hybridized carbons (Fsp3) is 0.556. The van der Waals surface area contributed by atoms with E-state index >= 15 is 0 Å². The molecule has 1 aromatic carbocycles. The monoisotopic (exact) mass is 315 g/mol. The zero-order chi connectivity index (χ0) is 16.4. The first-order valence-electron chi connectivity index (χ1n) is 8.50. The molecule has 2 fully saturated rings. The van der Waals surface area contributed by atoms with Crippen LogP contribution in [0.5, 0.6) is 0 Å². The molecular weight excluding hydrogens is 290 g/mol. The van der Waals surface area contributed by atoms with Gasteiger partial charge in [-0.3, -0.25) is 4.79 Å². The molecule has 0 radical (unpaired) electrons. The second-order valence-corrected chi connectivity index (χ2v) is 6.92. The third-order valence-corrected chi connectivity index (χ3v) is 4.64. The molecule has 1 heterocycles. The maximum atomic E-state index is 12.4. The van der Waals surface area contributed by atoms with Crippen molar-refractivity contribution in [2.45, 2.75) is 39.5 Å². The highest BCUT2D eigenvalue weighted by molar-refractivity contribution is 5.96. The van der Waals surface area contributed by atoms with E-state index in [2.05, 4.69) is 17.6 Å². The van der Waals surface area contributed by atoms with E-state index in [9.17, 15) is 9.59 Å². The van der Waals surface area contributed by atoms with E-state index in [-0.39, 0.29) is 17.9 Å². The van der Waals surface area contributed by atoms with Gasteiger partial charge in [-0.25, -0.2) is 4.79 Å². The quantitative estimate of drug-likeness (QED) is 0.895. The van der Waals surface area contributed by atoms with E-state index in [1.54, 1.807) is 0 Å². The number of carbonyl (C=O) groups excluding carboxylic acids is 2. The van der Waals surface area contributed by atoms with Crippen molar-refractivity contribution in [3.63, 3.8) is 0 Å². The minimum Gasteiger partial charge on any atom is -0.326 e. The zero-order valence-corrected chi connectivity index (χ0v) is 13.9. The van der Waals surface area contributed by atoms with Crippen LogP contribution in [0.25, 0.3) is 0 Å². The molecule has 0 spiro atoms. The van der Waals surface area contributed by atoms with E-state index in [0.29, 0.717) is 5.92 Å². The smallest absolute Gasteiger partial charge is 0.321 e. The van der Waals surface area contributed by atoms with Gasteiger partial charge in [-0.2, -0.15) is 0 Å². The van der Waals surface area contributed by atoms with Crippen LogP contribution in [-0.2, 0) is 4.79 Å². The predicted molar refractivity (Wildman–Crippen MR) is 91.5 cm³/mol. The number of likely N-dealkylation sites (tertiary alicyclic amines) is 1. The summed E-state index contributed by atoms with van der Waals surface area (Å²) in [6.45, 7) is 5.76. The van der Waals surface area contributed by atoms with Crippen molar-refractivity contribution in [3.8, 4) is 0 Å². The van der Waals surface area contributed by atoms with Crippen LogP contribution >= 0.6 is 0 Å². The first kappa shape index (κ1) is 15.8. The first-order chi connectivity index (χ1) is 11.0.